The molecule has 0 unspecified atom stereocenters. The van der Waals surface area contributed by atoms with E-state index in [4.69, 9.17) is 9.88 Å². The number of nitrogens with zero attached hydrogens (tertiary/aromatic N) is 3. The lowest BCUT2D eigenvalue weighted by Gasteiger charge is -2.19. The molecule has 5 rings (SSSR count). The van der Waals surface area contributed by atoms with Gasteiger partial charge < -0.3 is 20.3 Å². The van der Waals surface area contributed by atoms with Gasteiger partial charge in [-0.05, 0) is 29.3 Å². The molecule has 0 amide bonds. The van der Waals surface area contributed by atoms with Crippen molar-refractivity contribution in [2.45, 2.75) is 31.3 Å². The van der Waals surface area contributed by atoms with Gasteiger partial charge in [-0.1, -0.05) is 30.3 Å². The second-order valence-electron chi connectivity index (χ2n) is 8.67. The van der Waals surface area contributed by atoms with Gasteiger partial charge in [0.25, 0.3) is 0 Å². The first-order valence-corrected chi connectivity index (χ1v) is 12.7. The minimum absolute atomic E-state index is 0.0429. The van der Waals surface area contributed by atoms with Gasteiger partial charge in [0.05, 0.1) is 30.0 Å². The minimum atomic E-state index is -4.20. The third-order valence-corrected chi connectivity index (χ3v) is 6.77. The van der Waals surface area contributed by atoms with Gasteiger partial charge in [-0.25, -0.2) is 10.1 Å². The third kappa shape index (κ3) is 5.19. The number of nitrogens with two attached hydrogens (primary N) is 1. The van der Waals surface area contributed by atoms with Crippen molar-refractivity contribution in [3.8, 4) is 17.0 Å². The molecule has 0 saturated heterocycles. The Hall–Kier alpha value is -3.43. The number of rotatable bonds is 8. The maximum Gasteiger partial charge on any atom is 0.387 e. The Morgan fingerprint density at radius 3 is 2.70 bits per heavy atom. The van der Waals surface area contributed by atoms with E-state index in [-0.39, 0.29) is 18.8 Å². The largest absolute Gasteiger partial charge is 0.434 e. The monoisotopic (exact) mass is 535 g/mol. The van der Waals surface area contributed by atoms with Crippen LogP contribution in [0.15, 0.2) is 54.7 Å². The van der Waals surface area contributed by atoms with E-state index >= 15 is 0 Å². The molecule has 0 spiro atoms. The molecule has 1 saturated carbocycles. The summed E-state index contributed by atoms with van der Waals surface area (Å²) in [5.74, 6) is -0.336. The van der Waals surface area contributed by atoms with Gasteiger partial charge in [0, 0.05) is 18.2 Å². The molecule has 4 atom stereocenters. The molecule has 1 aliphatic rings. The number of aliphatic hydroxyl groups excluding tert-OH is 2. The molecule has 14 heteroatoms. The number of nitrogens with one attached hydrogen (secondary N) is 1. The predicted molar refractivity (Wildman–Crippen MR) is 129 cm³/mol. The number of anilines is 1. The standard InChI is InChI=1S/C23H23F2N5O6S/c24-23(25)36-17-6-5-12-3-1-2-4-14(12)20(17)15-10-19-27-8-7-18(30(19)29-15)28-16-9-13(21(31)22(16)32)11-35-37(26,33)34/h1-8,10,13,16,21-23,28,31-32H,9,11H2,(H2,26,33,34)/t13-,16-,21-,22+/m1/s1. The van der Waals surface area contributed by atoms with Gasteiger partial charge in [-0.2, -0.15) is 26.8 Å². The van der Waals surface area contributed by atoms with Crippen LogP contribution in [0.4, 0.5) is 14.6 Å². The van der Waals surface area contributed by atoms with E-state index in [9.17, 15) is 27.4 Å². The van der Waals surface area contributed by atoms with Crippen LogP contribution < -0.4 is 15.2 Å². The Kier molecular flexibility index (Phi) is 6.68. The molecule has 11 nitrogen and oxygen atoms in total. The van der Waals surface area contributed by atoms with Crippen LogP contribution in [-0.4, -0.2) is 64.7 Å². The lowest BCUT2D eigenvalue weighted by molar-refractivity contribution is -0.0493. The van der Waals surface area contributed by atoms with Gasteiger partial charge in [-0.15, -0.1) is 0 Å². The summed E-state index contributed by atoms with van der Waals surface area (Å²) in [7, 11) is -4.20. The third-order valence-electron chi connectivity index (χ3n) is 6.30. The molecule has 2 heterocycles. The number of halogens is 2. The lowest BCUT2D eigenvalue weighted by Crippen LogP contribution is -2.36. The zero-order chi connectivity index (χ0) is 26.3. The Morgan fingerprint density at radius 1 is 1.16 bits per heavy atom. The van der Waals surface area contributed by atoms with Crippen LogP contribution in [0.1, 0.15) is 6.42 Å². The molecule has 37 heavy (non-hydrogen) atoms. The highest BCUT2D eigenvalue weighted by Crippen LogP contribution is 2.38. The maximum absolute atomic E-state index is 13.2. The molecular formula is C23H23F2N5O6S. The molecular weight excluding hydrogens is 512 g/mol. The van der Waals surface area contributed by atoms with Gasteiger partial charge in [-0.3, -0.25) is 4.18 Å². The number of benzene rings is 2. The fourth-order valence-corrected chi connectivity index (χ4v) is 5.01. The van der Waals surface area contributed by atoms with E-state index in [0.29, 0.717) is 28.1 Å². The SMILES string of the molecule is NS(=O)(=O)OC[C@H]1C[C@@H](Nc2ccnc3cc(-c4c(OC(F)F)ccc5ccccc45)nn23)[C@H](O)[C@@H]1O. The summed E-state index contributed by atoms with van der Waals surface area (Å²) in [4.78, 5) is 4.30. The summed E-state index contributed by atoms with van der Waals surface area (Å²) in [6, 6.07) is 12.9. The molecule has 1 aliphatic carbocycles. The number of fused-ring (bicyclic) bond motifs is 2. The fraction of sp³-hybridized carbons (Fsp3) is 0.304. The Labute approximate surface area is 209 Å². The number of hydrogen-bond acceptors (Lipinski definition) is 9. The molecule has 4 aromatic rings. The predicted octanol–water partition coefficient (Wildman–Crippen LogP) is 1.89. The Morgan fingerprint density at radius 2 is 1.95 bits per heavy atom. The molecule has 1 fully saturated rings. The van der Waals surface area contributed by atoms with Crippen molar-refractivity contribution in [3.63, 3.8) is 0 Å². The van der Waals surface area contributed by atoms with Crippen molar-refractivity contribution in [1.82, 2.24) is 14.6 Å². The topological polar surface area (TPSA) is 161 Å². The zero-order valence-corrected chi connectivity index (χ0v) is 19.9. The Balaban J connectivity index is 1.49. The van der Waals surface area contributed by atoms with Crippen LogP contribution in [-0.2, 0) is 14.5 Å². The second kappa shape index (κ2) is 9.79. The average molecular weight is 536 g/mol. The van der Waals surface area contributed by atoms with Gasteiger partial charge in [0.1, 0.15) is 17.7 Å². The number of alkyl halides is 2. The summed E-state index contributed by atoms with van der Waals surface area (Å²) in [6.07, 6.45) is -0.820. The zero-order valence-electron chi connectivity index (χ0n) is 19.1. The minimum Gasteiger partial charge on any atom is -0.434 e. The van der Waals surface area contributed by atoms with E-state index in [1.165, 1.54) is 16.8 Å². The number of hydrogen-bond donors (Lipinski definition) is 4. The molecule has 5 N–H and O–H groups in total. The highest BCUT2D eigenvalue weighted by Gasteiger charge is 2.42. The van der Waals surface area contributed by atoms with Crippen LogP contribution in [0.3, 0.4) is 0 Å². The molecule has 0 bridgehead atoms. The van der Waals surface area contributed by atoms with E-state index in [0.717, 1.165) is 5.39 Å². The highest BCUT2D eigenvalue weighted by atomic mass is 32.2. The van der Waals surface area contributed by atoms with Gasteiger partial charge in [0.2, 0.25) is 0 Å². The van der Waals surface area contributed by atoms with Crippen molar-refractivity contribution in [3.05, 3.63) is 54.7 Å². The molecule has 0 aliphatic heterocycles. The summed E-state index contributed by atoms with van der Waals surface area (Å²) >= 11 is 0. The smallest absolute Gasteiger partial charge is 0.387 e. The van der Waals surface area contributed by atoms with Crippen molar-refractivity contribution in [1.29, 1.82) is 0 Å². The molecule has 196 valence electrons. The van der Waals surface area contributed by atoms with Crippen LogP contribution in [0.25, 0.3) is 27.7 Å². The van der Waals surface area contributed by atoms with E-state index in [2.05, 4.69) is 19.6 Å². The molecule has 2 aromatic heterocycles. The van der Waals surface area contributed by atoms with Crippen LogP contribution in [0.2, 0.25) is 0 Å². The van der Waals surface area contributed by atoms with Gasteiger partial charge >= 0.3 is 16.9 Å². The first-order valence-electron chi connectivity index (χ1n) is 11.2. The van der Waals surface area contributed by atoms with E-state index in [1.54, 1.807) is 30.3 Å². The lowest BCUT2D eigenvalue weighted by atomic mass is 10.0. The summed E-state index contributed by atoms with van der Waals surface area (Å²) in [5, 5.41) is 34.9. The second-order valence-corrected chi connectivity index (χ2v) is 9.89. The van der Waals surface area contributed by atoms with E-state index < -0.39 is 41.1 Å². The van der Waals surface area contributed by atoms with Crippen LogP contribution >= 0.6 is 0 Å². The normalized spacial score (nSPS) is 22.2. The highest BCUT2D eigenvalue weighted by molar-refractivity contribution is 7.84. The molecule has 2 aromatic carbocycles. The number of aromatic nitrogens is 3. The summed E-state index contributed by atoms with van der Waals surface area (Å²) in [6.45, 7) is -3.42. The number of ether oxygens (including phenoxy) is 1. The van der Waals surface area contributed by atoms with Crippen molar-refractivity contribution in [2.75, 3.05) is 11.9 Å². The van der Waals surface area contributed by atoms with Crippen molar-refractivity contribution in [2.24, 2.45) is 11.1 Å². The van der Waals surface area contributed by atoms with E-state index in [1.807, 2.05) is 12.1 Å². The van der Waals surface area contributed by atoms with Crippen molar-refractivity contribution < 1.29 is 36.3 Å². The fourth-order valence-electron chi connectivity index (χ4n) is 4.64. The first-order chi connectivity index (χ1) is 17.6. The van der Waals surface area contributed by atoms with Crippen LogP contribution in [0.5, 0.6) is 5.75 Å². The van der Waals surface area contributed by atoms with Gasteiger partial charge in [0.15, 0.2) is 5.65 Å². The van der Waals surface area contributed by atoms with Crippen LogP contribution in [0, 0.1) is 5.92 Å². The quantitative estimate of drug-likeness (QED) is 0.264. The van der Waals surface area contributed by atoms with Crippen molar-refractivity contribution >= 4 is 32.5 Å². The molecule has 0 radical (unpaired) electrons. The summed E-state index contributed by atoms with van der Waals surface area (Å²) in [5.41, 5.74) is 1.09. The first kappa shape index (κ1) is 25.2. The maximum atomic E-state index is 13.2. The summed E-state index contributed by atoms with van der Waals surface area (Å²) < 4.78 is 59.4. The Bertz CT molecular complexity index is 1550. The average Bonchev–Trinajstić information content (AvgIpc) is 3.39. The number of aliphatic hydroxyl groups is 2.